The van der Waals surface area contributed by atoms with Crippen LogP contribution in [0.3, 0.4) is 0 Å². The summed E-state index contributed by atoms with van der Waals surface area (Å²) in [5.74, 6) is 0.764. The molecular formula is C22H26N4OS. The molecule has 28 heavy (non-hydrogen) atoms. The van der Waals surface area contributed by atoms with Crippen molar-refractivity contribution in [3.8, 4) is 0 Å². The summed E-state index contributed by atoms with van der Waals surface area (Å²) in [6, 6.07) is 1.94. The van der Waals surface area contributed by atoms with Crippen molar-refractivity contribution in [2.75, 3.05) is 11.9 Å². The highest BCUT2D eigenvalue weighted by atomic mass is 32.1. The molecule has 0 fully saturated rings. The number of fused-ring (bicyclic) bond motifs is 3. The number of allylic oxidation sites excluding steroid dienone is 6. The largest absolute Gasteiger partial charge is 0.385 e. The second-order valence-corrected chi connectivity index (χ2v) is 7.03. The van der Waals surface area contributed by atoms with Crippen molar-refractivity contribution < 1.29 is 0 Å². The third kappa shape index (κ3) is 3.52. The Kier molecular flexibility index (Phi) is 6.41. The maximum absolute atomic E-state index is 13.3. The summed E-state index contributed by atoms with van der Waals surface area (Å²) in [4.78, 5) is 23.5. The second kappa shape index (κ2) is 8.97. The number of hydrogen-bond donors (Lipinski definition) is 1. The van der Waals surface area contributed by atoms with E-state index in [0.29, 0.717) is 11.1 Å². The smallest absolute Gasteiger partial charge is 0.276 e. The molecule has 3 heterocycles. The highest BCUT2D eigenvalue weighted by molar-refractivity contribution is 7.25. The lowest BCUT2D eigenvalue weighted by atomic mass is 10.2. The van der Waals surface area contributed by atoms with Crippen LogP contribution in [0.1, 0.15) is 39.9 Å². The Morgan fingerprint density at radius 2 is 2.07 bits per heavy atom. The molecule has 1 aliphatic rings. The predicted molar refractivity (Wildman–Crippen MR) is 121 cm³/mol. The number of nitrogens with one attached hydrogen (secondary N) is 1. The van der Waals surface area contributed by atoms with Crippen LogP contribution in [0.5, 0.6) is 0 Å². The summed E-state index contributed by atoms with van der Waals surface area (Å²) in [7, 11) is 0. The average Bonchev–Trinajstić information content (AvgIpc) is 2.90. The van der Waals surface area contributed by atoms with E-state index < -0.39 is 0 Å². The number of thiophene rings is 1. The van der Waals surface area contributed by atoms with Crippen LogP contribution in [0, 0.1) is 0 Å². The molecule has 1 aliphatic carbocycles. The Labute approximate surface area is 169 Å². The van der Waals surface area contributed by atoms with Gasteiger partial charge < -0.3 is 5.32 Å². The molecule has 0 saturated heterocycles. The Morgan fingerprint density at radius 1 is 1.25 bits per heavy atom. The van der Waals surface area contributed by atoms with E-state index in [-0.39, 0.29) is 5.56 Å². The van der Waals surface area contributed by atoms with Crippen molar-refractivity contribution in [2.24, 2.45) is 0 Å². The van der Waals surface area contributed by atoms with Crippen LogP contribution < -0.4 is 10.9 Å². The van der Waals surface area contributed by atoms with E-state index in [1.807, 2.05) is 45.1 Å². The molecule has 3 aromatic heterocycles. The molecular weight excluding hydrogens is 368 g/mol. The zero-order valence-corrected chi connectivity index (χ0v) is 17.6. The molecule has 0 aromatic carbocycles. The number of aromatic nitrogens is 3. The quantitative estimate of drug-likeness (QED) is 0.645. The molecule has 146 valence electrons. The lowest BCUT2D eigenvalue weighted by Gasteiger charge is -2.12. The Morgan fingerprint density at radius 3 is 2.82 bits per heavy atom. The summed E-state index contributed by atoms with van der Waals surface area (Å²) in [6.45, 7) is 8.88. The van der Waals surface area contributed by atoms with Gasteiger partial charge in [-0.25, -0.2) is 9.97 Å². The fourth-order valence-electron chi connectivity index (χ4n) is 3.22. The van der Waals surface area contributed by atoms with E-state index in [2.05, 4.69) is 29.4 Å². The summed E-state index contributed by atoms with van der Waals surface area (Å²) in [6.07, 6.45) is 13.4. The van der Waals surface area contributed by atoms with E-state index >= 15 is 0 Å². The first kappa shape index (κ1) is 20.0. The zero-order chi connectivity index (χ0) is 20.1. The number of anilines is 1. The molecule has 0 bridgehead atoms. The van der Waals surface area contributed by atoms with Gasteiger partial charge >= 0.3 is 0 Å². The fraction of sp³-hybridized carbons (Fsp3) is 0.318. The van der Waals surface area contributed by atoms with Crippen molar-refractivity contribution in [3.63, 3.8) is 0 Å². The molecule has 6 heteroatoms. The van der Waals surface area contributed by atoms with Gasteiger partial charge in [-0.2, -0.15) is 0 Å². The topological polar surface area (TPSA) is 59.8 Å². The minimum atomic E-state index is -0.0245. The van der Waals surface area contributed by atoms with E-state index in [1.54, 1.807) is 10.8 Å². The Bertz CT molecular complexity index is 1130. The van der Waals surface area contributed by atoms with Gasteiger partial charge in [-0.1, -0.05) is 39.0 Å². The summed E-state index contributed by atoms with van der Waals surface area (Å²) < 4.78 is 2.38. The summed E-state index contributed by atoms with van der Waals surface area (Å²) in [5.41, 5.74) is 2.56. The molecule has 0 amide bonds. The van der Waals surface area contributed by atoms with E-state index in [4.69, 9.17) is 4.98 Å². The molecule has 4 rings (SSSR count). The number of pyridine rings is 1. The number of nitrogens with zero attached hydrogens (tertiary/aromatic N) is 3. The van der Waals surface area contributed by atoms with Gasteiger partial charge in [0.1, 0.15) is 20.9 Å². The molecule has 5 nitrogen and oxygen atoms in total. The molecule has 0 unspecified atom stereocenters. The molecule has 0 saturated carbocycles. The van der Waals surface area contributed by atoms with Crippen molar-refractivity contribution in [3.05, 3.63) is 58.8 Å². The van der Waals surface area contributed by atoms with E-state index in [0.717, 1.165) is 45.9 Å². The van der Waals surface area contributed by atoms with Crippen molar-refractivity contribution in [1.29, 1.82) is 0 Å². The maximum Gasteiger partial charge on any atom is 0.276 e. The predicted octanol–water partition coefficient (Wildman–Crippen LogP) is 5.38. The lowest BCUT2D eigenvalue weighted by Crippen LogP contribution is -2.23. The summed E-state index contributed by atoms with van der Waals surface area (Å²) >= 11 is 1.41. The van der Waals surface area contributed by atoms with Crippen LogP contribution in [-0.4, -0.2) is 21.1 Å². The molecule has 0 aliphatic heterocycles. The van der Waals surface area contributed by atoms with Gasteiger partial charge in [0, 0.05) is 24.8 Å². The third-order valence-electron chi connectivity index (χ3n) is 4.37. The SMILES string of the molecule is CC.CCNc1ccnc2sc3c(=O)n(C4=CC=CCC=C4)c(CC)nc3c12. The Hall–Kier alpha value is -2.73. The first-order valence-electron chi connectivity index (χ1n) is 9.85. The number of hydrogen-bond acceptors (Lipinski definition) is 5. The van der Waals surface area contributed by atoms with Crippen LogP contribution in [0.25, 0.3) is 26.1 Å². The van der Waals surface area contributed by atoms with Gasteiger partial charge in [0.2, 0.25) is 0 Å². The van der Waals surface area contributed by atoms with E-state index in [1.165, 1.54) is 11.3 Å². The molecule has 0 radical (unpaired) electrons. The maximum atomic E-state index is 13.3. The number of aryl methyl sites for hydroxylation is 1. The van der Waals surface area contributed by atoms with Gasteiger partial charge in [0.15, 0.2) is 0 Å². The van der Waals surface area contributed by atoms with Gasteiger partial charge in [-0.05, 0) is 31.6 Å². The molecule has 0 atom stereocenters. The Balaban J connectivity index is 0.00000109. The third-order valence-corrected chi connectivity index (χ3v) is 5.44. The molecule has 3 aromatic rings. The van der Waals surface area contributed by atoms with Gasteiger partial charge in [0.25, 0.3) is 5.56 Å². The standard InChI is InChI=1S/C20H20N4OS.C2H6/c1-3-15-23-17-16-14(21-4-2)11-12-22-19(16)26-18(17)20(25)24(15)13-9-7-5-6-8-10-13;1-2/h5,7-12H,3-4,6H2,1-2H3,(H,21,22);1-2H3. The van der Waals surface area contributed by atoms with E-state index in [9.17, 15) is 4.79 Å². The fourth-order valence-corrected chi connectivity index (χ4v) is 4.25. The lowest BCUT2D eigenvalue weighted by molar-refractivity contribution is 0.854. The van der Waals surface area contributed by atoms with Crippen molar-refractivity contribution in [2.45, 2.75) is 40.5 Å². The first-order chi connectivity index (χ1) is 13.7. The van der Waals surface area contributed by atoms with Crippen LogP contribution >= 0.6 is 11.3 Å². The molecule has 0 spiro atoms. The van der Waals surface area contributed by atoms with Crippen molar-refractivity contribution >= 4 is 43.2 Å². The van der Waals surface area contributed by atoms with Gasteiger partial charge in [-0.3, -0.25) is 9.36 Å². The van der Waals surface area contributed by atoms with Crippen molar-refractivity contribution in [1.82, 2.24) is 14.5 Å². The van der Waals surface area contributed by atoms with Crippen LogP contribution in [0.4, 0.5) is 5.69 Å². The monoisotopic (exact) mass is 394 g/mol. The highest BCUT2D eigenvalue weighted by Crippen LogP contribution is 2.34. The van der Waals surface area contributed by atoms with Crippen LogP contribution in [-0.2, 0) is 6.42 Å². The highest BCUT2D eigenvalue weighted by Gasteiger charge is 2.19. The first-order valence-corrected chi connectivity index (χ1v) is 10.7. The number of rotatable bonds is 4. The second-order valence-electron chi connectivity index (χ2n) is 6.03. The zero-order valence-electron chi connectivity index (χ0n) is 16.8. The minimum absolute atomic E-state index is 0.0245. The van der Waals surface area contributed by atoms with Crippen LogP contribution in [0.2, 0.25) is 0 Å². The average molecular weight is 395 g/mol. The summed E-state index contributed by atoms with van der Waals surface area (Å²) in [5, 5.41) is 4.30. The minimum Gasteiger partial charge on any atom is -0.385 e. The van der Waals surface area contributed by atoms with Crippen LogP contribution in [0.15, 0.2) is 47.4 Å². The van der Waals surface area contributed by atoms with Gasteiger partial charge in [0.05, 0.1) is 11.1 Å². The van der Waals surface area contributed by atoms with Gasteiger partial charge in [-0.15, -0.1) is 11.3 Å². The normalized spacial score (nSPS) is 13.2. The molecule has 1 N–H and O–H groups in total.